The zero-order valence-electron chi connectivity index (χ0n) is 11.4. The van der Waals surface area contributed by atoms with E-state index in [0.29, 0.717) is 22.5 Å². The van der Waals surface area contributed by atoms with Gasteiger partial charge < -0.3 is 11.1 Å². The summed E-state index contributed by atoms with van der Waals surface area (Å²) in [6.45, 7) is 8.41. The van der Waals surface area contributed by atoms with Crippen LogP contribution in [0.4, 0.5) is 11.4 Å². The first-order valence-electron chi connectivity index (χ1n) is 6.22. The zero-order valence-corrected chi connectivity index (χ0v) is 12.3. The van der Waals surface area contributed by atoms with E-state index in [4.69, 9.17) is 5.73 Å². The first-order valence-corrected chi connectivity index (χ1v) is 7.17. The van der Waals surface area contributed by atoms with Crippen LogP contribution in [-0.4, -0.2) is 16.4 Å². The second kappa shape index (κ2) is 6.69. The van der Waals surface area contributed by atoms with Gasteiger partial charge in [-0.05, 0) is 25.0 Å². The summed E-state index contributed by atoms with van der Waals surface area (Å²) in [6, 6.07) is 7.31. The van der Waals surface area contributed by atoms with Gasteiger partial charge in [0, 0.05) is 5.25 Å². The predicted octanol–water partition coefficient (Wildman–Crippen LogP) is 3.37. The van der Waals surface area contributed by atoms with Crippen molar-refractivity contribution in [3.63, 3.8) is 0 Å². The van der Waals surface area contributed by atoms with Crippen LogP contribution in [0.5, 0.6) is 0 Å². The van der Waals surface area contributed by atoms with Crippen LogP contribution in [0.2, 0.25) is 0 Å². The first kappa shape index (κ1) is 14.9. The number of carbonyl (C=O) groups excluding carboxylic acids is 1. The molecule has 0 saturated heterocycles. The summed E-state index contributed by atoms with van der Waals surface area (Å²) in [4.78, 5) is 12.0. The van der Waals surface area contributed by atoms with Crippen molar-refractivity contribution in [1.82, 2.24) is 0 Å². The van der Waals surface area contributed by atoms with Crippen molar-refractivity contribution in [3.8, 4) is 0 Å². The van der Waals surface area contributed by atoms with Crippen LogP contribution in [0.15, 0.2) is 24.3 Å². The predicted molar refractivity (Wildman–Crippen MR) is 80.8 cm³/mol. The lowest BCUT2D eigenvalue weighted by Gasteiger charge is -2.20. The second-order valence-corrected chi connectivity index (χ2v) is 6.53. The number of carbonyl (C=O) groups is 1. The molecule has 0 spiro atoms. The fourth-order valence-corrected chi connectivity index (χ4v) is 2.53. The highest BCUT2D eigenvalue weighted by Gasteiger charge is 2.19. The molecule has 0 aliphatic carbocycles. The molecule has 1 aromatic rings. The number of para-hydroxylation sites is 2. The molecule has 3 N–H and O–H groups in total. The van der Waals surface area contributed by atoms with Crippen LogP contribution in [-0.2, 0) is 4.79 Å². The molecule has 0 bridgehead atoms. The number of thioether (sulfide) groups is 1. The Hall–Kier alpha value is -1.16. The van der Waals surface area contributed by atoms with E-state index in [-0.39, 0.29) is 11.2 Å². The first-order chi connectivity index (χ1) is 8.41. The van der Waals surface area contributed by atoms with Gasteiger partial charge in [-0.25, -0.2) is 0 Å². The van der Waals surface area contributed by atoms with Crippen LogP contribution in [0, 0.1) is 5.92 Å². The number of amides is 1. The smallest absolute Gasteiger partial charge is 0.237 e. The molecule has 1 aromatic carbocycles. The van der Waals surface area contributed by atoms with Gasteiger partial charge in [-0.3, -0.25) is 4.79 Å². The van der Waals surface area contributed by atoms with Crippen molar-refractivity contribution in [1.29, 1.82) is 0 Å². The molecule has 0 aliphatic rings. The van der Waals surface area contributed by atoms with Gasteiger partial charge in [0.15, 0.2) is 0 Å². The number of benzene rings is 1. The summed E-state index contributed by atoms with van der Waals surface area (Å²) in [5, 5.41) is 3.25. The molecule has 0 saturated carbocycles. The maximum absolute atomic E-state index is 12.0. The minimum Gasteiger partial charge on any atom is -0.397 e. The largest absolute Gasteiger partial charge is 0.397 e. The number of nitrogen functional groups attached to an aromatic ring is 1. The van der Waals surface area contributed by atoms with Gasteiger partial charge in [-0.2, -0.15) is 0 Å². The van der Waals surface area contributed by atoms with Crippen molar-refractivity contribution in [2.24, 2.45) is 5.92 Å². The monoisotopic (exact) mass is 266 g/mol. The van der Waals surface area contributed by atoms with Crippen molar-refractivity contribution in [2.75, 3.05) is 11.1 Å². The Kier molecular flexibility index (Phi) is 5.54. The Balaban J connectivity index is 2.58. The molecule has 1 amide bonds. The van der Waals surface area contributed by atoms with E-state index in [1.54, 1.807) is 17.8 Å². The third-order valence-electron chi connectivity index (χ3n) is 2.95. The van der Waals surface area contributed by atoms with E-state index < -0.39 is 0 Å². The number of nitrogens with two attached hydrogens (primary N) is 1. The van der Waals surface area contributed by atoms with Crippen molar-refractivity contribution in [3.05, 3.63) is 24.3 Å². The van der Waals surface area contributed by atoms with Gasteiger partial charge in [-0.1, -0.05) is 32.9 Å². The lowest BCUT2D eigenvalue weighted by Crippen LogP contribution is -2.25. The molecule has 4 heteroatoms. The summed E-state index contributed by atoms with van der Waals surface area (Å²) in [7, 11) is 0. The summed E-state index contributed by atoms with van der Waals surface area (Å²) in [5.41, 5.74) is 7.08. The third kappa shape index (κ3) is 4.26. The van der Waals surface area contributed by atoms with Gasteiger partial charge in [0.05, 0.1) is 16.6 Å². The Labute approximate surface area is 114 Å². The molecule has 0 radical (unpaired) electrons. The number of hydrogen-bond acceptors (Lipinski definition) is 3. The second-order valence-electron chi connectivity index (χ2n) is 4.80. The van der Waals surface area contributed by atoms with E-state index in [9.17, 15) is 4.79 Å². The minimum atomic E-state index is -0.0815. The molecular weight excluding hydrogens is 244 g/mol. The Morgan fingerprint density at radius 3 is 2.39 bits per heavy atom. The van der Waals surface area contributed by atoms with Crippen molar-refractivity contribution in [2.45, 2.75) is 38.2 Å². The number of nitrogens with one attached hydrogen (secondary N) is 1. The summed E-state index contributed by atoms with van der Waals surface area (Å²) in [6.07, 6.45) is 0. The molecule has 0 fully saturated rings. The topological polar surface area (TPSA) is 55.1 Å². The maximum Gasteiger partial charge on any atom is 0.237 e. The molecule has 0 heterocycles. The van der Waals surface area contributed by atoms with Crippen LogP contribution < -0.4 is 11.1 Å². The summed E-state index contributed by atoms with van der Waals surface area (Å²) >= 11 is 1.69. The lowest BCUT2D eigenvalue weighted by molar-refractivity contribution is -0.115. The molecule has 0 aliphatic heterocycles. The SMILES string of the molecule is CC(SC(C)C(C)C)C(=O)Nc1ccccc1N. The fraction of sp³-hybridized carbons (Fsp3) is 0.500. The van der Waals surface area contributed by atoms with Gasteiger partial charge in [0.1, 0.15) is 0 Å². The molecule has 2 atom stereocenters. The van der Waals surface area contributed by atoms with E-state index in [2.05, 4.69) is 26.1 Å². The van der Waals surface area contributed by atoms with E-state index in [1.165, 1.54) is 0 Å². The molecule has 100 valence electrons. The maximum atomic E-state index is 12.0. The highest BCUT2D eigenvalue weighted by molar-refractivity contribution is 8.01. The molecule has 3 nitrogen and oxygen atoms in total. The molecule has 1 rings (SSSR count). The Morgan fingerprint density at radius 1 is 1.22 bits per heavy atom. The van der Waals surface area contributed by atoms with Crippen LogP contribution in [0.25, 0.3) is 0 Å². The number of anilines is 2. The quantitative estimate of drug-likeness (QED) is 0.803. The van der Waals surface area contributed by atoms with Crippen LogP contribution >= 0.6 is 11.8 Å². The highest BCUT2D eigenvalue weighted by Crippen LogP contribution is 2.25. The third-order valence-corrected chi connectivity index (χ3v) is 4.54. The molecule has 0 aromatic heterocycles. The standard InChI is InChI=1S/C14H22N2OS/c1-9(2)10(3)18-11(4)14(17)16-13-8-6-5-7-12(13)15/h5-11H,15H2,1-4H3,(H,16,17). The Morgan fingerprint density at radius 2 is 1.83 bits per heavy atom. The van der Waals surface area contributed by atoms with Gasteiger partial charge >= 0.3 is 0 Å². The van der Waals surface area contributed by atoms with Crippen molar-refractivity contribution < 1.29 is 4.79 Å². The van der Waals surface area contributed by atoms with Crippen molar-refractivity contribution >= 4 is 29.0 Å². The average molecular weight is 266 g/mol. The molecular formula is C14H22N2OS. The fourth-order valence-electron chi connectivity index (χ4n) is 1.39. The zero-order chi connectivity index (χ0) is 13.7. The van der Waals surface area contributed by atoms with E-state index in [1.807, 2.05) is 25.1 Å². The van der Waals surface area contributed by atoms with Gasteiger partial charge in [0.2, 0.25) is 5.91 Å². The average Bonchev–Trinajstić information content (AvgIpc) is 2.31. The number of rotatable bonds is 5. The van der Waals surface area contributed by atoms with Gasteiger partial charge in [-0.15, -0.1) is 11.8 Å². The van der Waals surface area contributed by atoms with E-state index in [0.717, 1.165) is 0 Å². The van der Waals surface area contributed by atoms with E-state index >= 15 is 0 Å². The normalized spacial score (nSPS) is 14.3. The number of hydrogen-bond donors (Lipinski definition) is 2. The highest BCUT2D eigenvalue weighted by atomic mass is 32.2. The summed E-state index contributed by atoms with van der Waals surface area (Å²) in [5.74, 6) is 0.567. The molecule has 18 heavy (non-hydrogen) atoms. The lowest BCUT2D eigenvalue weighted by atomic mass is 10.2. The summed E-state index contributed by atoms with van der Waals surface area (Å²) < 4.78 is 0. The molecule has 2 unspecified atom stereocenters. The minimum absolute atomic E-state index is 0.00500. The Bertz CT molecular complexity index is 407. The van der Waals surface area contributed by atoms with Crippen LogP contribution in [0.1, 0.15) is 27.7 Å². The van der Waals surface area contributed by atoms with Crippen LogP contribution in [0.3, 0.4) is 0 Å². The van der Waals surface area contributed by atoms with Gasteiger partial charge in [0.25, 0.3) is 0 Å².